The van der Waals surface area contributed by atoms with Crippen molar-refractivity contribution in [3.8, 4) is 5.75 Å². The second-order valence-corrected chi connectivity index (χ2v) is 7.27. The summed E-state index contributed by atoms with van der Waals surface area (Å²) in [5.41, 5.74) is 7.14. The molecule has 0 spiro atoms. The molecule has 3 nitrogen and oxygen atoms in total. The van der Waals surface area contributed by atoms with Crippen molar-refractivity contribution in [2.24, 2.45) is 5.73 Å². The molecule has 6 heteroatoms. The highest BCUT2D eigenvalue weighted by Crippen LogP contribution is 2.34. The van der Waals surface area contributed by atoms with Crippen molar-refractivity contribution in [1.82, 2.24) is 0 Å². The minimum absolute atomic E-state index is 0.311. The number of fused-ring (bicyclic) bond motifs is 1. The molecule has 2 aromatic carbocycles. The van der Waals surface area contributed by atoms with Gasteiger partial charge in [0, 0.05) is 10.5 Å². The summed E-state index contributed by atoms with van der Waals surface area (Å²) in [6.45, 7) is 0.311. The van der Waals surface area contributed by atoms with Crippen molar-refractivity contribution >= 4 is 34.0 Å². The zero-order valence-corrected chi connectivity index (χ0v) is 13.3. The van der Waals surface area contributed by atoms with Crippen LogP contribution in [0.3, 0.4) is 0 Å². The van der Waals surface area contributed by atoms with Crippen molar-refractivity contribution < 1.29 is 8.95 Å². The van der Waals surface area contributed by atoms with Crippen LogP contribution in [0.1, 0.15) is 11.6 Å². The monoisotopic (exact) mass is 341 g/mol. The fourth-order valence-corrected chi connectivity index (χ4v) is 4.09. The Bertz CT molecular complexity index is 708. The van der Waals surface area contributed by atoms with E-state index in [0.717, 1.165) is 11.3 Å². The Morgan fingerprint density at radius 2 is 1.90 bits per heavy atom. The van der Waals surface area contributed by atoms with E-state index in [1.165, 1.54) is 0 Å². The summed E-state index contributed by atoms with van der Waals surface area (Å²) in [5, 5.41) is 0.498. The summed E-state index contributed by atoms with van der Waals surface area (Å²) in [6.07, 6.45) is 0. The number of benzene rings is 2. The fraction of sp³-hybridized carbons (Fsp3) is 0.200. The Labute approximate surface area is 135 Å². The molecule has 3 unspecified atom stereocenters. The maximum Gasteiger partial charge on any atom is 0.124 e. The molecule has 0 saturated carbocycles. The van der Waals surface area contributed by atoms with Crippen LogP contribution in [-0.2, 0) is 10.8 Å². The third-order valence-electron chi connectivity index (χ3n) is 3.48. The van der Waals surface area contributed by atoms with Gasteiger partial charge in [-0.15, -0.1) is 0 Å². The Kier molecular flexibility index (Phi) is 4.22. The first-order valence-electron chi connectivity index (χ1n) is 6.41. The molecule has 0 radical (unpaired) electrons. The van der Waals surface area contributed by atoms with Gasteiger partial charge < -0.3 is 10.5 Å². The highest BCUT2D eigenvalue weighted by atomic mass is 35.5. The predicted molar refractivity (Wildman–Crippen MR) is 85.5 cm³/mol. The predicted octanol–water partition coefficient (Wildman–Crippen LogP) is 3.56. The van der Waals surface area contributed by atoms with Crippen LogP contribution in [0.25, 0.3) is 0 Å². The van der Waals surface area contributed by atoms with Gasteiger partial charge in [0.25, 0.3) is 0 Å². The lowest BCUT2D eigenvalue weighted by molar-refractivity contribution is 0.273. The highest BCUT2D eigenvalue weighted by molar-refractivity contribution is 7.85. The summed E-state index contributed by atoms with van der Waals surface area (Å²) in [5.74, 6) is 0.757. The summed E-state index contributed by atoms with van der Waals surface area (Å²) in [4.78, 5) is 0.604. The lowest BCUT2D eigenvalue weighted by Crippen LogP contribution is -2.39. The molecule has 0 bridgehead atoms. The first-order chi connectivity index (χ1) is 10.1. The maximum absolute atomic E-state index is 12.7. The first-order valence-corrected chi connectivity index (χ1v) is 8.38. The second kappa shape index (κ2) is 5.97. The third kappa shape index (κ3) is 2.81. The van der Waals surface area contributed by atoms with E-state index in [4.69, 9.17) is 33.7 Å². The zero-order chi connectivity index (χ0) is 15.0. The van der Waals surface area contributed by atoms with Gasteiger partial charge in [-0.05, 0) is 24.3 Å². The Morgan fingerprint density at radius 1 is 1.14 bits per heavy atom. The molecule has 21 heavy (non-hydrogen) atoms. The number of halogens is 2. The van der Waals surface area contributed by atoms with Crippen LogP contribution < -0.4 is 10.5 Å². The van der Waals surface area contributed by atoms with Crippen LogP contribution in [0.2, 0.25) is 10.0 Å². The maximum atomic E-state index is 12.7. The topological polar surface area (TPSA) is 52.3 Å². The van der Waals surface area contributed by atoms with E-state index >= 15 is 0 Å². The summed E-state index contributed by atoms with van der Waals surface area (Å²) >= 11 is 11.9. The van der Waals surface area contributed by atoms with E-state index in [1.807, 2.05) is 24.3 Å². The lowest BCUT2D eigenvalue weighted by Gasteiger charge is -2.30. The molecule has 2 N–H and O–H groups in total. The first kappa shape index (κ1) is 14.9. The van der Waals surface area contributed by atoms with E-state index in [0.29, 0.717) is 21.5 Å². The molecule has 0 saturated heterocycles. The van der Waals surface area contributed by atoms with Crippen LogP contribution in [0, 0.1) is 0 Å². The molecule has 1 aliphatic rings. The van der Waals surface area contributed by atoms with E-state index in [9.17, 15) is 4.21 Å². The molecular weight excluding hydrogens is 329 g/mol. The molecule has 0 amide bonds. The third-order valence-corrected chi connectivity index (χ3v) is 5.92. The number of hydrogen-bond acceptors (Lipinski definition) is 3. The van der Waals surface area contributed by atoms with Gasteiger partial charge in [0.05, 0.1) is 32.1 Å². The Balaban J connectivity index is 1.91. The average molecular weight is 342 g/mol. The van der Waals surface area contributed by atoms with Gasteiger partial charge in [0.2, 0.25) is 0 Å². The van der Waals surface area contributed by atoms with Crippen LogP contribution in [0.15, 0.2) is 47.4 Å². The van der Waals surface area contributed by atoms with Gasteiger partial charge in [-0.1, -0.05) is 41.4 Å². The van der Waals surface area contributed by atoms with Gasteiger partial charge in [0.1, 0.15) is 12.4 Å². The molecule has 3 atom stereocenters. The van der Waals surface area contributed by atoms with Crippen molar-refractivity contribution in [2.45, 2.75) is 16.2 Å². The van der Waals surface area contributed by atoms with Crippen LogP contribution >= 0.6 is 23.2 Å². The van der Waals surface area contributed by atoms with Crippen molar-refractivity contribution in [1.29, 1.82) is 0 Å². The minimum Gasteiger partial charge on any atom is -0.492 e. The SMILES string of the molecule is NC1c2ccccc2OCC1S(=O)c1ccc(Cl)c(Cl)c1. The van der Waals surface area contributed by atoms with E-state index in [-0.39, 0.29) is 11.3 Å². The molecule has 0 aliphatic carbocycles. The lowest BCUT2D eigenvalue weighted by atomic mass is 10.0. The van der Waals surface area contributed by atoms with E-state index in [1.54, 1.807) is 18.2 Å². The average Bonchev–Trinajstić information content (AvgIpc) is 2.50. The molecular formula is C15H13Cl2NO2S. The molecule has 3 rings (SSSR count). The number of rotatable bonds is 2. The summed E-state index contributed by atoms with van der Waals surface area (Å²) in [6, 6.07) is 12.2. The van der Waals surface area contributed by atoms with Gasteiger partial charge in [0.15, 0.2) is 0 Å². The van der Waals surface area contributed by atoms with Crippen LogP contribution in [-0.4, -0.2) is 16.1 Å². The van der Waals surface area contributed by atoms with E-state index in [2.05, 4.69) is 0 Å². The standard InChI is InChI=1S/C15H13Cl2NO2S/c16-11-6-5-9(7-12(11)17)21(19)14-8-20-13-4-2-1-3-10(13)15(14)18/h1-7,14-15H,8,18H2. The van der Waals surface area contributed by atoms with Crippen molar-refractivity contribution in [2.75, 3.05) is 6.61 Å². The number of ether oxygens (including phenoxy) is 1. The quantitative estimate of drug-likeness (QED) is 0.908. The largest absolute Gasteiger partial charge is 0.492 e. The van der Waals surface area contributed by atoms with Gasteiger partial charge >= 0.3 is 0 Å². The van der Waals surface area contributed by atoms with Gasteiger partial charge in [-0.3, -0.25) is 4.21 Å². The fourth-order valence-electron chi connectivity index (χ4n) is 2.33. The highest BCUT2D eigenvalue weighted by Gasteiger charge is 2.33. The second-order valence-electron chi connectivity index (χ2n) is 4.79. The van der Waals surface area contributed by atoms with Crippen LogP contribution in [0.5, 0.6) is 5.75 Å². The molecule has 110 valence electrons. The van der Waals surface area contributed by atoms with Gasteiger partial charge in [-0.25, -0.2) is 0 Å². The van der Waals surface area contributed by atoms with E-state index < -0.39 is 10.8 Å². The Hall–Kier alpha value is -1.07. The normalized spacial score (nSPS) is 22.2. The smallest absolute Gasteiger partial charge is 0.124 e. The molecule has 1 aliphatic heterocycles. The van der Waals surface area contributed by atoms with Crippen molar-refractivity contribution in [3.63, 3.8) is 0 Å². The van der Waals surface area contributed by atoms with Crippen molar-refractivity contribution in [3.05, 3.63) is 58.1 Å². The number of hydrogen-bond donors (Lipinski definition) is 1. The summed E-state index contributed by atoms with van der Waals surface area (Å²) in [7, 11) is -1.32. The molecule has 2 aromatic rings. The molecule has 0 fully saturated rings. The molecule has 0 aromatic heterocycles. The van der Waals surface area contributed by atoms with Gasteiger partial charge in [-0.2, -0.15) is 0 Å². The van der Waals surface area contributed by atoms with Crippen LogP contribution in [0.4, 0.5) is 0 Å². The summed E-state index contributed by atoms with van der Waals surface area (Å²) < 4.78 is 18.4. The zero-order valence-electron chi connectivity index (χ0n) is 11.0. The number of nitrogens with two attached hydrogens (primary N) is 1. The minimum atomic E-state index is -1.32. The number of para-hydroxylation sites is 1. The Morgan fingerprint density at radius 3 is 2.67 bits per heavy atom. The molecule has 1 heterocycles.